The third-order valence-corrected chi connectivity index (χ3v) is 4.40. The molecule has 0 aliphatic heterocycles. The molecule has 2 rings (SSSR count). The molecule has 1 aliphatic rings. The summed E-state index contributed by atoms with van der Waals surface area (Å²) in [5.74, 6) is -0.909. The van der Waals surface area contributed by atoms with E-state index >= 15 is 0 Å². The van der Waals surface area contributed by atoms with E-state index in [0.717, 1.165) is 19.4 Å². The predicted octanol–water partition coefficient (Wildman–Crippen LogP) is 3.54. The van der Waals surface area contributed by atoms with Gasteiger partial charge in [-0.2, -0.15) is 0 Å². The van der Waals surface area contributed by atoms with Crippen LogP contribution in [0.1, 0.15) is 33.6 Å². The Morgan fingerprint density at radius 3 is 2.79 bits per heavy atom. The van der Waals surface area contributed by atoms with E-state index in [2.05, 4.69) is 19.2 Å². The number of nitrogens with one attached hydrogen (secondary N) is 1. The first kappa shape index (κ1) is 14.1. The fourth-order valence-corrected chi connectivity index (χ4v) is 2.77. The van der Waals surface area contributed by atoms with Crippen LogP contribution < -0.4 is 5.32 Å². The average molecular weight is 267 g/mol. The standard InChI is InChI=1S/C15H22FNO2/c1-4-15(3)13(9-14(15)19-5-2)17-10-6-7-12(18)11(16)8-10/h6-8,13-14,17-18H,4-5,9H2,1-3H3. The van der Waals surface area contributed by atoms with Gasteiger partial charge >= 0.3 is 0 Å². The molecule has 1 saturated carbocycles. The summed E-state index contributed by atoms with van der Waals surface area (Å²) in [6, 6.07) is 4.68. The Bertz CT molecular complexity index is 452. The number of ether oxygens (including phenoxy) is 1. The monoisotopic (exact) mass is 267 g/mol. The van der Waals surface area contributed by atoms with E-state index in [-0.39, 0.29) is 23.3 Å². The summed E-state index contributed by atoms with van der Waals surface area (Å²) in [5.41, 5.74) is 0.777. The first-order chi connectivity index (χ1) is 9.01. The number of benzene rings is 1. The third-order valence-electron chi connectivity index (χ3n) is 4.40. The first-order valence-electron chi connectivity index (χ1n) is 6.88. The largest absolute Gasteiger partial charge is 0.505 e. The fraction of sp³-hybridized carbons (Fsp3) is 0.600. The molecule has 0 heterocycles. The van der Waals surface area contributed by atoms with Crippen LogP contribution >= 0.6 is 0 Å². The molecule has 1 aliphatic carbocycles. The summed E-state index contributed by atoms with van der Waals surface area (Å²) in [6.07, 6.45) is 2.21. The van der Waals surface area contributed by atoms with Crippen molar-refractivity contribution in [3.05, 3.63) is 24.0 Å². The van der Waals surface area contributed by atoms with E-state index in [1.165, 1.54) is 12.1 Å². The number of phenols is 1. The number of rotatable bonds is 5. The molecule has 0 spiro atoms. The molecule has 4 heteroatoms. The van der Waals surface area contributed by atoms with E-state index in [4.69, 9.17) is 4.74 Å². The molecular formula is C15H22FNO2. The Balaban J connectivity index is 2.05. The Hall–Kier alpha value is -1.29. The molecule has 19 heavy (non-hydrogen) atoms. The molecule has 1 fully saturated rings. The van der Waals surface area contributed by atoms with Crippen molar-refractivity contribution < 1.29 is 14.2 Å². The van der Waals surface area contributed by atoms with Gasteiger partial charge in [-0.1, -0.05) is 13.8 Å². The van der Waals surface area contributed by atoms with Crippen LogP contribution in [0.25, 0.3) is 0 Å². The van der Waals surface area contributed by atoms with Crippen LogP contribution in [0.4, 0.5) is 10.1 Å². The molecular weight excluding hydrogens is 245 g/mol. The minimum absolute atomic E-state index is 0.0738. The normalized spacial score (nSPS) is 29.9. The Labute approximate surface area is 113 Å². The predicted molar refractivity (Wildman–Crippen MR) is 73.9 cm³/mol. The Kier molecular flexibility index (Phi) is 3.99. The minimum Gasteiger partial charge on any atom is -0.505 e. The lowest BCUT2D eigenvalue weighted by Crippen LogP contribution is -2.59. The Morgan fingerprint density at radius 2 is 2.21 bits per heavy atom. The molecule has 0 amide bonds. The SMILES string of the molecule is CCOC1CC(Nc2ccc(O)c(F)c2)C1(C)CC. The van der Waals surface area contributed by atoms with Crippen molar-refractivity contribution in [2.24, 2.45) is 5.41 Å². The molecule has 0 aromatic heterocycles. The van der Waals surface area contributed by atoms with Crippen LogP contribution in [-0.2, 0) is 4.74 Å². The number of aromatic hydroxyl groups is 1. The number of anilines is 1. The third kappa shape index (κ3) is 2.54. The summed E-state index contributed by atoms with van der Waals surface area (Å²) >= 11 is 0. The van der Waals surface area contributed by atoms with E-state index in [0.29, 0.717) is 5.69 Å². The van der Waals surface area contributed by atoms with E-state index in [1.54, 1.807) is 6.07 Å². The van der Waals surface area contributed by atoms with Crippen molar-refractivity contribution in [1.82, 2.24) is 0 Å². The number of hydrogen-bond donors (Lipinski definition) is 2. The molecule has 0 saturated heterocycles. The number of halogens is 1. The van der Waals surface area contributed by atoms with Crippen LogP contribution in [0.5, 0.6) is 5.75 Å². The van der Waals surface area contributed by atoms with Gasteiger partial charge in [-0.3, -0.25) is 0 Å². The van der Waals surface area contributed by atoms with Gasteiger partial charge in [-0.05, 0) is 31.9 Å². The van der Waals surface area contributed by atoms with Crippen LogP contribution in [0.3, 0.4) is 0 Å². The lowest BCUT2D eigenvalue weighted by molar-refractivity contribution is -0.109. The quantitative estimate of drug-likeness (QED) is 0.802. The summed E-state index contributed by atoms with van der Waals surface area (Å²) in [5, 5.41) is 12.5. The molecule has 3 unspecified atom stereocenters. The van der Waals surface area contributed by atoms with Gasteiger partial charge in [-0.25, -0.2) is 4.39 Å². The first-order valence-corrected chi connectivity index (χ1v) is 6.88. The maximum absolute atomic E-state index is 13.3. The highest BCUT2D eigenvalue weighted by Gasteiger charge is 2.51. The minimum atomic E-state index is -0.594. The highest BCUT2D eigenvalue weighted by atomic mass is 19.1. The topological polar surface area (TPSA) is 41.5 Å². The van der Waals surface area contributed by atoms with Crippen molar-refractivity contribution in [2.75, 3.05) is 11.9 Å². The molecule has 2 N–H and O–H groups in total. The van der Waals surface area contributed by atoms with E-state index in [1.807, 2.05) is 6.92 Å². The van der Waals surface area contributed by atoms with Gasteiger partial charge in [0, 0.05) is 29.8 Å². The van der Waals surface area contributed by atoms with Gasteiger partial charge in [0.25, 0.3) is 0 Å². The second-order valence-electron chi connectivity index (χ2n) is 5.40. The zero-order valence-corrected chi connectivity index (χ0v) is 11.7. The maximum Gasteiger partial charge on any atom is 0.166 e. The summed E-state index contributed by atoms with van der Waals surface area (Å²) in [4.78, 5) is 0. The Morgan fingerprint density at radius 1 is 1.47 bits per heavy atom. The number of hydrogen-bond acceptors (Lipinski definition) is 3. The molecule has 1 aromatic carbocycles. The lowest BCUT2D eigenvalue weighted by atomic mass is 9.61. The molecule has 1 aromatic rings. The van der Waals surface area contributed by atoms with Crippen molar-refractivity contribution in [3.63, 3.8) is 0 Å². The van der Waals surface area contributed by atoms with Gasteiger partial charge < -0.3 is 15.2 Å². The maximum atomic E-state index is 13.3. The number of phenolic OH excluding ortho intramolecular Hbond substituents is 1. The van der Waals surface area contributed by atoms with Crippen LogP contribution in [-0.4, -0.2) is 23.9 Å². The van der Waals surface area contributed by atoms with Gasteiger partial charge in [0.2, 0.25) is 0 Å². The zero-order chi connectivity index (χ0) is 14.0. The van der Waals surface area contributed by atoms with Crippen molar-refractivity contribution in [3.8, 4) is 5.75 Å². The van der Waals surface area contributed by atoms with Gasteiger partial charge in [0.05, 0.1) is 6.10 Å². The average Bonchev–Trinajstić information content (AvgIpc) is 2.40. The zero-order valence-electron chi connectivity index (χ0n) is 11.7. The smallest absolute Gasteiger partial charge is 0.166 e. The van der Waals surface area contributed by atoms with Crippen molar-refractivity contribution in [2.45, 2.75) is 45.8 Å². The second-order valence-corrected chi connectivity index (χ2v) is 5.40. The van der Waals surface area contributed by atoms with E-state index < -0.39 is 5.82 Å². The van der Waals surface area contributed by atoms with Crippen LogP contribution in [0, 0.1) is 11.2 Å². The summed E-state index contributed by atoms with van der Waals surface area (Å²) in [7, 11) is 0. The summed E-state index contributed by atoms with van der Waals surface area (Å²) < 4.78 is 19.0. The van der Waals surface area contributed by atoms with Crippen molar-refractivity contribution in [1.29, 1.82) is 0 Å². The lowest BCUT2D eigenvalue weighted by Gasteiger charge is -2.53. The van der Waals surface area contributed by atoms with Crippen molar-refractivity contribution >= 4 is 5.69 Å². The molecule has 106 valence electrons. The summed E-state index contributed by atoms with van der Waals surface area (Å²) in [6.45, 7) is 7.08. The fourth-order valence-electron chi connectivity index (χ4n) is 2.77. The molecule has 3 atom stereocenters. The molecule has 0 radical (unpaired) electrons. The van der Waals surface area contributed by atoms with Crippen LogP contribution in [0.2, 0.25) is 0 Å². The van der Waals surface area contributed by atoms with Gasteiger partial charge in [0.15, 0.2) is 11.6 Å². The van der Waals surface area contributed by atoms with E-state index in [9.17, 15) is 9.50 Å². The highest BCUT2D eigenvalue weighted by Crippen LogP contribution is 2.47. The van der Waals surface area contributed by atoms with Crippen LogP contribution in [0.15, 0.2) is 18.2 Å². The van der Waals surface area contributed by atoms with Gasteiger partial charge in [0.1, 0.15) is 0 Å². The second kappa shape index (κ2) is 5.37. The molecule has 3 nitrogen and oxygen atoms in total. The van der Waals surface area contributed by atoms with Gasteiger partial charge in [-0.15, -0.1) is 0 Å². The molecule has 0 bridgehead atoms. The highest BCUT2D eigenvalue weighted by molar-refractivity contribution is 5.48.